The van der Waals surface area contributed by atoms with Gasteiger partial charge in [0.2, 0.25) is 0 Å². The van der Waals surface area contributed by atoms with Gasteiger partial charge in [-0.15, -0.1) is 0 Å². The molecule has 0 aromatic carbocycles. The number of urea groups is 1. The maximum atomic E-state index is 11.2. The molecule has 0 aromatic rings. The van der Waals surface area contributed by atoms with Crippen LogP contribution in [0.25, 0.3) is 0 Å². The maximum absolute atomic E-state index is 11.2. The first-order valence-electron chi connectivity index (χ1n) is 5.28. The predicted molar refractivity (Wildman–Crippen MR) is 59.1 cm³/mol. The number of carbonyl (C=O) groups excluding carboxylic acids is 1. The minimum atomic E-state index is -1.56. The fraction of sp³-hybridized carbons (Fsp3) is 0.800. The molecule has 0 radical (unpaired) electrons. The molecule has 16 heavy (non-hydrogen) atoms. The molecule has 2 atom stereocenters. The van der Waals surface area contributed by atoms with Crippen LogP contribution in [0, 0.1) is 5.92 Å². The van der Waals surface area contributed by atoms with Crippen molar-refractivity contribution < 1.29 is 19.8 Å². The lowest BCUT2D eigenvalue weighted by molar-refractivity contribution is -0.146. The Bertz CT molecular complexity index is 243. The summed E-state index contributed by atoms with van der Waals surface area (Å²) in [5.41, 5.74) is 0. The van der Waals surface area contributed by atoms with Crippen LogP contribution in [0.3, 0.4) is 0 Å². The second-order valence-corrected chi connectivity index (χ2v) is 4.24. The van der Waals surface area contributed by atoms with Gasteiger partial charge in [-0.2, -0.15) is 0 Å². The van der Waals surface area contributed by atoms with E-state index >= 15 is 0 Å². The average Bonchev–Trinajstić information content (AvgIpc) is 2.12. The number of hydrogen-bond acceptors (Lipinski definition) is 3. The summed E-state index contributed by atoms with van der Waals surface area (Å²) < 4.78 is 0. The summed E-state index contributed by atoms with van der Waals surface area (Å²) in [6, 6.07) is -0.449. The van der Waals surface area contributed by atoms with Gasteiger partial charge in [-0.3, -0.25) is 0 Å². The standard InChI is InChI=1S/C10H20N2O4/c1-6(2)4-7(3)12-10(16)11-5-8(13)9(14)15/h6-8,13H,4-5H2,1-3H3,(H,14,15)(H2,11,12,16)/t7?,8-/m0/s1. The van der Waals surface area contributed by atoms with Crippen LogP contribution < -0.4 is 10.6 Å². The highest BCUT2D eigenvalue weighted by molar-refractivity contribution is 5.76. The number of carboxylic acid groups (broad SMARTS) is 1. The number of carbonyl (C=O) groups is 2. The molecule has 0 saturated carbocycles. The monoisotopic (exact) mass is 232 g/mol. The van der Waals surface area contributed by atoms with E-state index in [1.54, 1.807) is 0 Å². The number of aliphatic carboxylic acids is 1. The summed E-state index contributed by atoms with van der Waals surface area (Å²) in [6.45, 7) is 5.66. The summed E-state index contributed by atoms with van der Waals surface area (Å²) in [5, 5.41) is 22.2. The summed E-state index contributed by atoms with van der Waals surface area (Å²) in [7, 11) is 0. The van der Waals surface area contributed by atoms with Crippen LogP contribution in [0.1, 0.15) is 27.2 Å². The Morgan fingerprint density at radius 3 is 2.25 bits per heavy atom. The van der Waals surface area contributed by atoms with Gasteiger partial charge in [-0.1, -0.05) is 13.8 Å². The molecule has 94 valence electrons. The van der Waals surface area contributed by atoms with E-state index in [4.69, 9.17) is 10.2 Å². The highest BCUT2D eigenvalue weighted by Crippen LogP contribution is 2.03. The van der Waals surface area contributed by atoms with Crippen molar-refractivity contribution in [3.63, 3.8) is 0 Å². The molecule has 0 aromatic heterocycles. The zero-order valence-electron chi connectivity index (χ0n) is 9.86. The van der Waals surface area contributed by atoms with E-state index in [-0.39, 0.29) is 12.6 Å². The van der Waals surface area contributed by atoms with E-state index in [0.717, 1.165) is 6.42 Å². The Morgan fingerprint density at radius 1 is 1.25 bits per heavy atom. The summed E-state index contributed by atoms with van der Waals surface area (Å²) in [6.07, 6.45) is -0.722. The van der Waals surface area contributed by atoms with Gasteiger partial charge < -0.3 is 20.8 Å². The van der Waals surface area contributed by atoms with Gasteiger partial charge in [0.1, 0.15) is 0 Å². The molecule has 0 rings (SSSR count). The Kier molecular flexibility index (Phi) is 6.48. The third-order valence-electron chi connectivity index (χ3n) is 1.94. The molecule has 0 fully saturated rings. The van der Waals surface area contributed by atoms with E-state index in [9.17, 15) is 9.59 Å². The van der Waals surface area contributed by atoms with E-state index in [2.05, 4.69) is 10.6 Å². The molecule has 6 nitrogen and oxygen atoms in total. The van der Waals surface area contributed by atoms with Crippen LogP contribution in [-0.4, -0.2) is 40.9 Å². The van der Waals surface area contributed by atoms with Gasteiger partial charge in [0, 0.05) is 6.04 Å². The lowest BCUT2D eigenvalue weighted by Crippen LogP contribution is -2.45. The first kappa shape index (κ1) is 14.7. The van der Waals surface area contributed by atoms with Crippen LogP contribution in [0.4, 0.5) is 4.79 Å². The van der Waals surface area contributed by atoms with Gasteiger partial charge in [0.25, 0.3) is 0 Å². The number of carboxylic acids is 1. The van der Waals surface area contributed by atoms with Crippen molar-refractivity contribution in [2.24, 2.45) is 5.92 Å². The molecule has 0 heterocycles. The first-order valence-corrected chi connectivity index (χ1v) is 5.28. The Labute approximate surface area is 95.0 Å². The van der Waals surface area contributed by atoms with Crippen molar-refractivity contribution in [1.29, 1.82) is 0 Å². The van der Waals surface area contributed by atoms with Gasteiger partial charge in [0.15, 0.2) is 6.10 Å². The molecule has 0 aliphatic carbocycles. The lowest BCUT2D eigenvalue weighted by Gasteiger charge is -2.16. The third kappa shape index (κ3) is 7.05. The van der Waals surface area contributed by atoms with Gasteiger partial charge in [-0.05, 0) is 19.3 Å². The van der Waals surface area contributed by atoms with Crippen LogP contribution in [0.2, 0.25) is 0 Å². The van der Waals surface area contributed by atoms with E-state index < -0.39 is 18.1 Å². The topological polar surface area (TPSA) is 98.7 Å². The van der Waals surface area contributed by atoms with Crippen LogP contribution in [0.5, 0.6) is 0 Å². The van der Waals surface area contributed by atoms with Crippen molar-refractivity contribution in [3.05, 3.63) is 0 Å². The molecular formula is C10H20N2O4. The number of amides is 2. The largest absolute Gasteiger partial charge is 0.479 e. The molecule has 0 aliphatic heterocycles. The second-order valence-electron chi connectivity index (χ2n) is 4.24. The lowest BCUT2D eigenvalue weighted by atomic mass is 10.1. The Balaban J connectivity index is 3.78. The number of aliphatic hydroxyl groups is 1. The number of hydrogen-bond donors (Lipinski definition) is 4. The van der Waals surface area contributed by atoms with Gasteiger partial charge in [0.05, 0.1) is 6.54 Å². The van der Waals surface area contributed by atoms with Crippen molar-refractivity contribution in [2.45, 2.75) is 39.3 Å². The fourth-order valence-corrected chi connectivity index (χ4v) is 1.32. The molecule has 0 saturated heterocycles. The van der Waals surface area contributed by atoms with Crippen molar-refractivity contribution in [2.75, 3.05) is 6.54 Å². The Morgan fingerprint density at radius 2 is 1.81 bits per heavy atom. The first-order chi connectivity index (χ1) is 7.32. The molecule has 4 N–H and O–H groups in total. The van der Waals surface area contributed by atoms with Crippen molar-refractivity contribution in [1.82, 2.24) is 10.6 Å². The third-order valence-corrected chi connectivity index (χ3v) is 1.94. The highest BCUT2D eigenvalue weighted by Gasteiger charge is 2.15. The zero-order valence-corrected chi connectivity index (χ0v) is 9.86. The summed E-state index contributed by atoms with van der Waals surface area (Å²) in [4.78, 5) is 21.5. The summed E-state index contributed by atoms with van der Waals surface area (Å²) in [5.74, 6) is -0.879. The van der Waals surface area contributed by atoms with E-state index in [0.29, 0.717) is 5.92 Å². The minimum Gasteiger partial charge on any atom is -0.479 e. The average molecular weight is 232 g/mol. The van der Waals surface area contributed by atoms with Gasteiger partial charge >= 0.3 is 12.0 Å². The zero-order chi connectivity index (χ0) is 12.7. The predicted octanol–water partition coefficient (Wildman–Crippen LogP) is 0.166. The molecule has 0 aliphatic rings. The van der Waals surface area contributed by atoms with Crippen LogP contribution in [0.15, 0.2) is 0 Å². The number of rotatable bonds is 6. The van der Waals surface area contributed by atoms with Gasteiger partial charge in [-0.25, -0.2) is 9.59 Å². The van der Waals surface area contributed by atoms with E-state index in [1.807, 2.05) is 20.8 Å². The van der Waals surface area contributed by atoms with Crippen molar-refractivity contribution in [3.8, 4) is 0 Å². The number of aliphatic hydroxyl groups excluding tert-OH is 1. The Hall–Kier alpha value is -1.30. The normalized spacial score (nSPS) is 14.3. The molecular weight excluding hydrogens is 212 g/mol. The fourth-order valence-electron chi connectivity index (χ4n) is 1.32. The SMILES string of the molecule is CC(C)CC(C)NC(=O)NC[C@H](O)C(=O)O. The smallest absolute Gasteiger partial charge is 0.334 e. The number of nitrogens with one attached hydrogen (secondary N) is 2. The quantitative estimate of drug-likeness (QED) is 0.524. The molecule has 0 spiro atoms. The maximum Gasteiger partial charge on any atom is 0.334 e. The molecule has 0 bridgehead atoms. The minimum absolute atomic E-state index is 0.0157. The second kappa shape index (κ2) is 7.05. The molecule has 2 amide bonds. The molecule has 1 unspecified atom stereocenters. The summed E-state index contributed by atoms with van der Waals surface area (Å²) >= 11 is 0. The van der Waals surface area contributed by atoms with E-state index in [1.165, 1.54) is 0 Å². The van der Waals surface area contributed by atoms with Crippen molar-refractivity contribution >= 4 is 12.0 Å². The highest BCUT2D eigenvalue weighted by atomic mass is 16.4. The van der Waals surface area contributed by atoms with Crippen LogP contribution in [-0.2, 0) is 4.79 Å². The molecule has 6 heteroatoms. The van der Waals surface area contributed by atoms with Crippen LogP contribution >= 0.6 is 0 Å².